The van der Waals surface area contributed by atoms with Crippen LogP contribution in [-0.4, -0.2) is 51.4 Å². The molecule has 2 amide bonds. The van der Waals surface area contributed by atoms with Crippen molar-refractivity contribution in [2.75, 3.05) is 24.5 Å². The molecule has 226 valence electrons. The summed E-state index contributed by atoms with van der Waals surface area (Å²) in [6.07, 6.45) is 0.355. The molecule has 0 saturated carbocycles. The van der Waals surface area contributed by atoms with Crippen LogP contribution < -0.4 is 14.4 Å². The highest BCUT2D eigenvalue weighted by atomic mass is 32.2. The number of anilines is 1. The zero-order valence-electron chi connectivity index (χ0n) is 25.7. The van der Waals surface area contributed by atoms with Crippen LogP contribution in [-0.2, 0) is 26.2 Å². The van der Waals surface area contributed by atoms with Gasteiger partial charge in [0.25, 0.3) is 10.0 Å². The van der Waals surface area contributed by atoms with Crippen molar-refractivity contribution in [2.45, 2.75) is 65.4 Å². The molecule has 0 fully saturated rings. The molecule has 0 spiro atoms. The molecule has 3 aromatic carbocycles. The molecular weight excluding hydrogens is 550 g/mol. The van der Waals surface area contributed by atoms with E-state index in [0.717, 1.165) is 22.3 Å². The molecule has 3 aromatic rings. The Kier molecular flexibility index (Phi) is 11.2. The molecule has 0 aliphatic rings. The number of nitrogens with one attached hydrogen (secondary N) is 1. The summed E-state index contributed by atoms with van der Waals surface area (Å²) in [6.45, 7) is 11.6. The Balaban J connectivity index is 2.10. The maximum absolute atomic E-state index is 14.3. The van der Waals surface area contributed by atoms with Gasteiger partial charge >= 0.3 is 0 Å². The number of nitrogens with zero attached hydrogens (tertiary/aromatic N) is 2. The Bertz CT molecular complexity index is 1490. The molecule has 8 nitrogen and oxygen atoms in total. The Hall–Kier alpha value is -3.85. The van der Waals surface area contributed by atoms with Gasteiger partial charge in [-0.1, -0.05) is 62.7 Å². The van der Waals surface area contributed by atoms with Crippen molar-refractivity contribution in [3.63, 3.8) is 0 Å². The highest BCUT2D eigenvalue weighted by Gasteiger charge is 2.34. The lowest BCUT2D eigenvalue weighted by Gasteiger charge is -2.34. The highest BCUT2D eigenvalue weighted by Crippen LogP contribution is 2.29. The fraction of sp³-hybridized carbons (Fsp3) is 0.394. The summed E-state index contributed by atoms with van der Waals surface area (Å²) in [4.78, 5) is 29.2. The van der Waals surface area contributed by atoms with Gasteiger partial charge in [-0.3, -0.25) is 13.9 Å². The van der Waals surface area contributed by atoms with E-state index in [2.05, 4.69) is 5.32 Å². The second kappa shape index (κ2) is 14.4. The molecule has 0 aromatic heterocycles. The van der Waals surface area contributed by atoms with Crippen molar-refractivity contribution >= 4 is 27.5 Å². The Morgan fingerprint density at radius 1 is 0.952 bits per heavy atom. The molecule has 0 bridgehead atoms. The van der Waals surface area contributed by atoms with Gasteiger partial charge < -0.3 is 15.0 Å². The first kappa shape index (κ1) is 32.7. The molecule has 0 radical (unpaired) electrons. The monoisotopic (exact) mass is 593 g/mol. The first-order valence-corrected chi connectivity index (χ1v) is 15.7. The summed E-state index contributed by atoms with van der Waals surface area (Å²) in [5.74, 6) is 0.0904. The minimum atomic E-state index is -4.13. The number of benzene rings is 3. The number of amides is 2. The number of carbonyl (C=O) groups excluding carboxylic acids is 2. The van der Waals surface area contributed by atoms with Gasteiger partial charge in [0.15, 0.2) is 0 Å². The van der Waals surface area contributed by atoms with E-state index in [1.165, 1.54) is 9.21 Å². The minimum absolute atomic E-state index is 0.0860. The van der Waals surface area contributed by atoms with Crippen molar-refractivity contribution < 1.29 is 22.7 Å². The number of hydrogen-bond acceptors (Lipinski definition) is 5. The maximum Gasteiger partial charge on any atom is 0.264 e. The summed E-state index contributed by atoms with van der Waals surface area (Å²) in [5.41, 5.74) is 3.75. The van der Waals surface area contributed by atoms with Crippen molar-refractivity contribution in [1.82, 2.24) is 10.2 Å². The summed E-state index contributed by atoms with van der Waals surface area (Å²) >= 11 is 0. The summed E-state index contributed by atoms with van der Waals surface area (Å²) in [7, 11) is -2.57. The third kappa shape index (κ3) is 7.91. The molecule has 0 saturated heterocycles. The molecule has 1 atom stereocenters. The van der Waals surface area contributed by atoms with Crippen LogP contribution >= 0.6 is 0 Å². The third-order valence-electron chi connectivity index (χ3n) is 7.29. The lowest BCUT2D eigenvalue weighted by atomic mass is 10.1. The standard InChI is InChI=1S/C33H43N3O5S/c1-8-30(33(38)34-20-23(2)3)35(21-27-12-10-13-28(19-27)41-7)32(37)22-36(31-14-9-11-25(5)26(31)6)42(39,40)29-17-15-24(4)16-18-29/h9-19,23,30H,8,20-22H2,1-7H3,(H,34,38)/t30-/m0/s1. The molecule has 0 unspecified atom stereocenters. The van der Waals surface area contributed by atoms with E-state index in [1.54, 1.807) is 49.6 Å². The van der Waals surface area contributed by atoms with Crippen LogP contribution in [0.4, 0.5) is 5.69 Å². The summed E-state index contributed by atoms with van der Waals surface area (Å²) < 4.78 is 34.8. The molecule has 0 heterocycles. The van der Waals surface area contributed by atoms with Crippen LogP contribution in [0.25, 0.3) is 0 Å². The van der Waals surface area contributed by atoms with Gasteiger partial charge in [0.2, 0.25) is 11.8 Å². The van der Waals surface area contributed by atoms with E-state index in [1.807, 2.05) is 65.8 Å². The van der Waals surface area contributed by atoms with E-state index in [-0.39, 0.29) is 23.3 Å². The first-order valence-electron chi connectivity index (χ1n) is 14.2. The van der Waals surface area contributed by atoms with Crippen LogP contribution in [0.15, 0.2) is 71.6 Å². The number of ether oxygens (including phenoxy) is 1. The number of methoxy groups -OCH3 is 1. The van der Waals surface area contributed by atoms with Gasteiger partial charge in [0, 0.05) is 13.1 Å². The Morgan fingerprint density at radius 2 is 1.62 bits per heavy atom. The van der Waals surface area contributed by atoms with E-state index >= 15 is 0 Å². The molecule has 0 aliphatic carbocycles. The number of rotatable bonds is 13. The van der Waals surface area contributed by atoms with Gasteiger partial charge in [-0.25, -0.2) is 8.42 Å². The van der Waals surface area contributed by atoms with Gasteiger partial charge in [-0.05, 0) is 80.1 Å². The van der Waals surface area contributed by atoms with Gasteiger partial charge in [-0.2, -0.15) is 0 Å². The number of sulfonamides is 1. The van der Waals surface area contributed by atoms with Gasteiger partial charge in [-0.15, -0.1) is 0 Å². The topological polar surface area (TPSA) is 96.0 Å². The zero-order chi connectivity index (χ0) is 31.0. The van der Waals surface area contributed by atoms with Crippen LogP contribution in [0.1, 0.15) is 49.4 Å². The predicted molar refractivity (Wildman–Crippen MR) is 167 cm³/mol. The number of carbonyl (C=O) groups is 2. The van der Waals surface area contributed by atoms with E-state index in [4.69, 9.17) is 4.74 Å². The average molecular weight is 594 g/mol. The number of aryl methyl sites for hydroxylation is 2. The number of hydrogen-bond donors (Lipinski definition) is 1. The van der Waals surface area contributed by atoms with Crippen molar-refractivity contribution in [3.05, 3.63) is 89.0 Å². The van der Waals surface area contributed by atoms with Crippen LogP contribution in [0.5, 0.6) is 5.75 Å². The lowest BCUT2D eigenvalue weighted by molar-refractivity contribution is -0.140. The molecular formula is C33H43N3O5S. The zero-order valence-corrected chi connectivity index (χ0v) is 26.5. The van der Waals surface area contributed by atoms with Crippen molar-refractivity contribution in [3.8, 4) is 5.75 Å². The average Bonchev–Trinajstić information content (AvgIpc) is 2.96. The van der Waals surface area contributed by atoms with Crippen molar-refractivity contribution in [1.29, 1.82) is 0 Å². The fourth-order valence-electron chi connectivity index (χ4n) is 4.67. The van der Waals surface area contributed by atoms with Crippen LogP contribution in [0, 0.1) is 26.7 Å². The Labute approximate surface area is 250 Å². The normalized spacial score (nSPS) is 12.1. The van der Waals surface area contributed by atoms with Gasteiger partial charge in [0.05, 0.1) is 17.7 Å². The second-order valence-electron chi connectivity index (χ2n) is 11.0. The van der Waals surface area contributed by atoms with E-state index < -0.39 is 28.5 Å². The fourth-order valence-corrected chi connectivity index (χ4v) is 6.14. The molecule has 1 N–H and O–H groups in total. The minimum Gasteiger partial charge on any atom is -0.497 e. The molecule has 9 heteroatoms. The maximum atomic E-state index is 14.3. The second-order valence-corrected chi connectivity index (χ2v) is 12.8. The molecule has 0 aliphatic heterocycles. The largest absolute Gasteiger partial charge is 0.497 e. The van der Waals surface area contributed by atoms with E-state index in [0.29, 0.717) is 24.4 Å². The van der Waals surface area contributed by atoms with E-state index in [9.17, 15) is 18.0 Å². The van der Waals surface area contributed by atoms with Crippen LogP contribution in [0.2, 0.25) is 0 Å². The lowest BCUT2D eigenvalue weighted by Crippen LogP contribution is -2.52. The summed E-state index contributed by atoms with van der Waals surface area (Å²) in [6, 6.07) is 18.4. The van der Waals surface area contributed by atoms with Crippen LogP contribution in [0.3, 0.4) is 0 Å². The highest BCUT2D eigenvalue weighted by molar-refractivity contribution is 7.92. The van der Waals surface area contributed by atoms with Gasteiger partial charge in [0.1, 0.15) is 18.3 Å². The first-order chi connectivity index (χ1) is 19.9. The van der Waals surface area contributed by atoms with Crippen molar-refractivity contribution in [2.24, 2.45) is 5.92 Å². The predicted octanol–water partition coefficient (Wildman–Crippen LogP) is 5.40. The quantitative estimate of drug-likeness (QED) is 0.287. The molecule has 3 rings (SSSR count). The third-order valence-corrected chi connectivity index (χ3v) is 9.06. The molecule has 42 heavy (non-hydrogen) atoms. The summed E-state index contributed by atoms with van der Waals surface area (Å²) in [5, 5.41) is 2.95. The Morgan fingerprint density at radius 3 is 2.24 bits per heavy atom. The smallest absolute Gasteiger partial charge is 0.264 e. The SMILES string of the molecule is CC[C@@H](C(=O)NCC(C)C)N(Cc1cccc(OC)c1)C(=O)CN(c1cccc(C)c1C)S(=O)(=O)c1ccc(C)cc1.